The van der Waals surface area contributed by atoms with Crippen LogP contribution in [0.3, 0.4) is 0 Å². The average molecular weight is 355 g/mol. The van der Waals surface area contributed by atoms with Crippen molar-refractivity contribution < 1.29 is 14.4 Å². The van der Waals surface area contributed by atoms with Crippen LogP contribution in [0.15, 0.2) is 35.1 Å². The summed E-state index contributed by atoms with van der Waals surface area (Å²) >= 11 is 0. The molecule has 0 fully saturated rings. The molecule has 1 aromatic carbocycles. The van der Waals surface area contributed by atoms with E-state index in [4.69, 9.17) is 5.73 Å². The number of aromatic nitrogens is 1. The summed E-state index contributed by atoms with van der Waals surface area (Å²) in [5.74, 6) is -1.64. The number of carbonyl (C=O) groups is 3. The molecule has 1 aliphatic heterocycles. The number of imide groups is 1. The third kappa shape index (κ3) is 3.07. The summed E-state index contributed by atoms with van der Waals surface area (Å²) in [5, 5.41) is 4.83. The number of hydrogen-bond acceptors (Lipinski definition) is 6. The fraction of sp³-hybridized carbons (Fsp3) is 0.176. The van der Waals surface area contributed by atoms with Gasteiger partial charge in [0.15, 0.2) is 0 Å². The maximum Gasteiger partial charge on any atom is 0.262 e. The monoisotopic (exact) mass is 355 g/mol. The molecule has 0 bridgehead atoms. The Hall–Kier alpha value is -3.46. The lowest BCUT2D eigenvalue weighted by Gasteiger charge is -2.14. The summed E-state index contributed by atoms with van der Waals surface area (Å²) in [5.41, 5.74) is 6.21. The van der Waals surface area contributed by atoms with Crippen molar-refractivity contribution >= 4 is 29.2 Å². The number of nitrogens with one attached hydrogen (secondary N) is 2. The average Bonchev–Trinajstić information content (AvgIpc) is 2.81. The molecule has 0 aliphatic carbocycles. The van der Waals surface area contributed by atoms with Crippen LogP contribution in [0.25, 0.3) is 5.69 Å². The smallest absolute Gasteiger partial charge is 0.262 e. The fourth-order valence-corrected chi connectivity index (χ4v) is 2.76. The molecule has 1 aliphatic rings. The highest BCUT2D eigenvalue weighted by Gasteiger charge is 2.31. The van der Waals surface area contributed by atoms with E-state index < -0.39 is 17.4 Å². The van der Waals surface area contributed by atoms with E-state index in [1.54, 1.807) is 43.3 Å². The first-order chi connectivity index (χ1) is 12.3. The summed E-state index contributed by atoms with van der Waals surface area (Å²) in [7, 11) is 3.54. The van der Waals surface area contributed by atoms with Gasteiger partial charge in [0.2, 0.25) is 5.91 Å². The normalized spacial score (nSPS) is 12.9. The Morgan fingerprint density at radius 1 is 1.19 bits per heavy atom. The SMILES string of the molecule is CN(C)CC(=O)Nc1cccc(-n2c(N)c3c(cc2=O)C(=O)NC3=O)c1. The molecule has 1 aromatic heterocycles. The van der Waals surface area contributed by atoms with Crippen molar-refractivity contribution in [1.82, 2.24) is 14.8 Å². The summed E-state index contributed by atoms with van der Waals surface area (Å²) in [6.07, 6.45) is 0. The lowest BCUT2D eigenvalue weighted by molar-refractivity contribution is -0.116. The number of fused-ring (bicyclic) bond motifs is 1. The number of amides is 3. The second kappa shape index (κ2) is 6.45. The Morgan fingerprint density at radius 3 is 2.62 bits per heavy atom. The predicted molar refractivity (Wildman–Crippen MR) is 95.4 cm³/mol. The molecule has 134 valence electrons. The third-order valence-corrected chi connectivity index (χ3v) is 3.80. The number of rotatable bonds is 4. The Balaban J connectivity index is 2.03. The van der Waals surface area contributed by atoms with Crippen molar-refractivity contribution in [1.29, 1.82) is 0 Å². The van der Waals surface area contributed by atoms with Crippen LogP contribution < -0.4 is 21.9 Å². The molecular formula is C17H17N5O4. The standard InChI is InChI=1S/C17H17N5O4/c1-21(2)8-12(23)19-9-4-3-5-10(6-9)22-13(24)7-11-14(15(22)18)17(26)20-16(11)25/h3-7H,8,18H2,1-2H3,(H,19,23)(H,20,25,26). The molecule has 4 N–H and O–H groups in total. The molecule has 0 atom stereocenters. The zero-order valence-electron chi connectivity index (χ0n) is 14.2. The van der Waals surface area contributed by atoms with Gasteiger partial charge in [0.05, 0.1) is 23.4 Å². The Morgan fingerprint density at radius 2 is 1.92 bits per heavy atom. The van der Waals surface area contributed by atoms with Gasteiger partial charge in [0, 0.05) is 11.8 Å². The number of carbonyl (C=O) groups excluding carboxylic acids is 3. The van der Waals surface area contributed by atoms with E-state index >= 15 is 0 Å². The number of nitrogens with zero attached hydrogens (tertiary/aromatic N) is 2. The Kier molecular flexibility index (Phi) is 4.31. The highest BCUT2D eigenvalue weighted by Crippen LogP contribution is 2.23. The molecule has 2 heterocycles. The molecule has 0 saturated heterocycles. The van der Waals surface area contributed by atoms with Gasteiger partial charge in [-0.25, -0.2) is 0 Å². The van der Waals surface area contributed by atoms with Crippen LogP contribution in [0.5, 0.6) is 0 Å². The summed E-state index contributed by atoms with van der Waals surface area (Å²) in [6, 6.07) is 7.56. The maximum absolute atomic E-state index is 12.4. The number of nitrogens with two attached hydrogens (primary N) is 1. The first-order valence-corrected chi connectivity index (χ1v) is 7.74. The second-order valence-electron chi connectivity index (χ2n) is 6.11. The van der Waals surface area contributed by atoms with Crippen molar-refractivity contribution in [2.45, 2.75) is 0 Å². The van der Waals surface area contributed by atoms with Crippen LogP contribution in [0.4, 0.5) is 11.5 Å². The highest BCUT2D eigenvalue weighted by atomic mass is 16.2. The molecular weight excluding hydrogens is 338 g/mol. The van der Waals surface area contributed by atoms with E-state index in [0.717, 1.165) is 10.6 Å². The van der Waals surface area contributed by atoms with Gasteiger partial charge < -0.3 is 16.0 Å². The van der Waals surface area contributed by atoms with E-state index in [0.29, 0.717) is 11.4 Å². The predicted octanol–water partition coefficient (Wildman–Crippen LogP) is -0.197. The van der Waals surface area contributed by atoms with Gasteiger partial charge in [-0.15, -0.1) is 0 Å². The molecule has 0 saturated carbocycles. The molecule has 3 rings (SSSR count). The molecule has 0 unspecified atom stereocenters. The van der Waals surface area contributed by atoms with E-state index in [1.165, 1.54) is 0 Å². The largest absolute Gasteiger partial charge is 0.384 e. The lowest BCUT2D eigenvalue weighted by Crippen LogP contribution is -2.27. The van der Waals surface area contributed by atoms with Gasteiger partial charge in [-0.3, -0.25) is 29.1 Å². The number of benzene rings is 1. The summed E-state index contributed by atoms with van der Waals surface area (Å²) in [6.45, 7) is 0.202. The van der Waals surface area contributed by atoms with Crippen LogP contribution in [0.1, 0.15) is 20.7 Å². The van der Waals surface area contributed by atoms with Gasteiger partial charge in [-0.2, -0.15) is 0 Å². The van der Waals surface area contributed by atoms with Crippen LogP contribution in [0.2, 0.25) is 0 Å². The van der Waals surface area contributed by atoms with Gasteiger partial charge in [0.1, 0.15) is 5.82 Å². The third-order valence-electron chi connectivity index (χ3n) is 3.80. The number of pyridine rings is 1. The van der Waals surface area contributed by atoms with Crippen LogP contribution in [-0.4, -0.2) is 47.8 Å². The van der Waals surface area contributed by atoms with E-state index in [-0.39, 0.29) is 29.4 Å². The van der Waals surface area contributed by atoms with E-state index in [1.807, 2.05) is 0 Å². The summed E-state index contributed by atoms with van der Waals surface area (Å²) in [4.78, 5) is 49.7. The van der Waals surface area contributed by atoms with Gasteiger partial charge in [0.25, 0.3) is 17.4 Å². The number of likely N-dealkylation sites (N-methyl/N-ethyl adjacent to an activating group) is 1. The number of nitrogen functional groups attached to an aromatic ring is 1. The van der Waals surface area contributed by atoms with Crippen molar-refractivity contribution in [3.8, 4) is 5.69 Å². The molecule has 0 spiro atoms. The number of anilines is 2. The van der Waals surface area contributed by atoms with Crippen molar-refractivity contribution in [2.24, 2.45) is 0 Å². The van der Waals surface area contributed by atoms with Crippen LogP contribution in [-0.2, 0) is 4.79 Å². The minimum Gasteiger partial charge on any atom is -0.384 e. The molecule has 9 nitrogen and oxygen atoms in total. The fourth-order valence-electron chi connectivity index (χ4n) is 2.76. The van der Waals surface area contributed by atoms with Gasteiger partial charge >= 0.3 is 0 Å². The second-order valence-corrected chi connectivity index (χ2v) is 6.11. The minimum absolute atomic E-state index is 0.0309. The first-order valence-electron chi connectivity index (χ1n) is 7.74. The van der Waals surface area contributed by atoms with Crippen LogP contribution in [0, 0.1) is 0 Å². The zero-order valence-corrected chi connectivity index (χ0v) is 14.2. The molecule has 26 heavy (non-hydrogen) atoms. The lowest BCUT2D eigenvalue weighted by atomic mass is 10.1. The molecule has 3 amide bonds. The Labute approximate surface area is 148 Å². The maximum atomic E-state index is 12.4. The summed E-state index contributed by atoms with van der Waals surface area (Å²) < 4.78 is 1.12. The minimum atomic E-state index is -0.648. The van der Waals surface area contributed by atoms with E-state index in [2.05, 4.69) is 10.6 Å². The first kappa shape index (κ1) is 17.4. The van der Waals surface area contributed by atoms with Gasteiger partial charge in [-0.05, 0) is 32.3 Å². The zero-order chi connectivity index (χ0) is 19.0. The Bertz CT molecular complexity index is 993. The van der Waals surface area contributed by atoms with Crippen molar-refractivity contribution in [2.75, 3.05) is 31.7 Å². The van der Waals surface area contributed by atoms with E-state index in [9.17, 15) is 19.2 Å². The topological polar surface area (TPSA) is 127 Å². The number of hydrogen-bond donors (Lipinski definition) is 3. The quantitative estimate of drug-likeness (QED) is 0.652. The van der Waals surface area contributed by atoms with Crippen LogP contribution >= 0.6 is 0 Å². The highest BCUT2D eigenvalue weighted by molar-refractivity contribution is 6.23. The van der Waals surface area contributed by atoms with Gasteiger partial charge in [-0.1, -0.05) is 6.07 Å². The van der Waals surface area contributed by atoms with Crippen molar-refractivity contribution in [3.63, 3.8) is 0 Å². The molecule has 2 aromatic rings. The molecule has 0 radical (unpaired) electrons. The van der Waals surface area contributed by atoms with Crippen molar-refractivity contribution in [3.05, 3.63) is 51.8 Å². The molecule has 9 heteroatoms.